The maximum Gasteiger partial charge on any atom is 0.0220 e. The molecule has 0 saturated carbocycles. The van der Waals surface area contributed by atoms with Crippen molar-refractivity contribution in [3.63, 3.8) is 0 Å². The minimum absolute atomic E-state index is 0.656. The fourth-order valence-electron chi connectivity index (χ4n) is 1.48. The van der Waals surface area contributed by atoms with Crippen LogP contribution in [0.15, 0.2) is 12.7 Å². The highest BCUT2D eigenvalue weighted by Crippen LogP contribution is 2.03. The first-order chi connectivity index (χ1) is 6.26. The molecule has 78 valence electrons. The Bertz CT molecular complexity index is 123. The van der Waals surface area contributed by atoms with E-state index < -0.39 is 0 Å². The molecule has 1 unspecified atom stereocenters. The van der Waals surface area contributed by atoms with Crippen LogP contribution in [-0.4, -0.2) is 37.6 Å². The van der Waals surface area contributed by atoms with E-state index in [0.29, 0.717) is 6.04 Å². The quantitative estimate of drug-likeness (QED) is 0.579. The Morgan fingerprint density at radius 2 is 2.15 bits per heavy atom. The number of hydrogen-bond donors (Lipinski definition) is 1. The minimum Gasteiger partial charge on any atom is -0.315 e. The van der Waals surface area contributed by atoms with E-state index in [1.54, 1.807) is 0 Å². The van der Waals surface area contributed by atoms with Gasteiger partial charge in [0.05, 0.1) is 0 Å². The molecule has 1 N–H and O–H groups in total. The van der Waals surface area contributed by atoms with Crippen molar-refractivity contribution in [3.8, 4) is 0 Å². The molecule has 0 aromatic carbocycles. The van der Waals surface area contributed by atoms with Gasteiger partial charge in [-0.15, -0.1) is 6.58 Å². The molecular weight excluding hydrogens is 160 g/mol. The molecule has 0 aliphatic carbocycles. The molecule has 0 heterocycles. The number of nitrogens with one attached hydrogen (secondary N) is 1. The molecule has 0 aliphatic heterocycles. The summed E-state index contributed by atoms with van der Waals surface area (Å²) >= 11 is 0. The second-order valence-electron chi connectivity index (χ2n) is 3.48. The van der Waals surface area contributed by atoms with Crippen LogP contribution in [0.4, 0.5) is 0 Å². The van der Waals surface area contributed by atoms with E-state index in [9.17, 15) is 0 Å². The van der Waals surface area contributed by atoms with Crippen LogP contribution in [0, 0.1) is 0 Å². The SMILES string of the molecule is C=CCN(C)C(CCC)CNCC. The van der Waals surface area contributed by atoms with E-state index in [-0.39, 0.29) is 0 Å². The molecule has 13 heavy (non-hydrogen) atoms. The van der Waals surface area contributed by atoms with E-state index >= 15 is 0 Å². The second kappa shape index (κ2) is 8.27. The van der Waals surface area contributed by atoms with Crippen molar-refractivity contribution in [2.45, 2.75) is 32.7 Å². The van der Waals surface area contributed by atoms with Crippen LogP contribution in [-0.2, 0) is 0 Å². The van der Waals surface area contributed by atoms with Gasteiger partial charge in [-0.1, -0.05) is 26.3 Å². The van der Waals surface area contributed by atoms with Gasteiger partial charge < -0.3 is 5.32 Å². The second-order valence-corrected chi connectivity index (χ2v) is 3.48. The topological polar surface area (TPSA) is 15.3 Å². The van der Waals surface area contributed by atoms with Crippen molar-refractivity contribution in [2.24, 2.45) is 0 Å². The first-order valence-corrected chi connectivity index (χ1v) is 5.28. The largest absolute Gasteiger partial charge is 0.315 e. The van der Waals surface area contributed by atoms with Crippen LogP contribution in [0.5, 0.6) is 0 Å². The lowest BCUT2D eigenvalue weighted by Gasteiger charge is -2.26. The maximum absolute atomic E-state index is 3.76. The summed E-state index contributed by atoms with van der Waals surface area (Å²) in [7, 11) is 2.17. The standard InChI is InChI=1S/C11H24N2/c1-5-8-11(10-12-7-3)13(4)9-6-2/h6,11-12H,2,5,7-10H2,1,3-4H3. The van der Waals surface area contributed by atoms with Gasteiger partial charge in [-0.3, -0.25) is 4.90 Å². The Labute approximate surface area is 83.0 Å². The van der Waals surface area contributed by atoms with Crippen molar-refractivity contribution < 1.29 is 0 Å². The highest BCUT2D eigenvalue weighted by Gasteiger charge is 2.10. The van der Waals surface area contributed by atoms with Crippen molar-refractivity contribution in [1.29, 1.82) is 0 Å². The zero-order chi connectivity index (χ0) is 10.1. The molecule has 0 spiro atoms. The van der Waals surface area contributed by atoms with Crippen molar-refractivity contribution in [3.05, 3.63) is 12.7 Å². The molecule has 0 aromatic heterocycles. The lowest BCUT2D eigenvalue weighted by atomic mass is 10.1. The van der Waals surface area contributed by atoms with Gasteiger partial charge in [-0.05, 0) is 20.0 Å². The van der Waals surface area contributed by atoms with Crippen LogP contribution in [0.3, 0.4) is 0 Å². The highest BCUT2D eigenvalue weighted by atomic mass is 15.1. The summed E-state index contributed by atoms with van der Waals surface area (Å²) < 4.78 is 0. The average molecular weight is 184 g/mol. The summed E-state index contributed by atoms with van der Waals surface area (Å²) in [5.74, 6) is 0. The number of rotatable bonds is 8. The van der Waals surface area contributed by atoms with Gasteiger partial charge in [0.25, 0.3) is 0 Å². The summed E-state index contributed by atoms with van der Waals surface area (Å²) in [6, 6.07) is 0.656. The zero-order valence-corrected chi connectivity index (χ0v) is 9.34. The van der Waals surface area contributed by atoms with Gasteiger partial charge in [0.1, 0.15) is 0 Å². The highest BCUT2D eigenvalue weighted by molar-refractivity contribution is 4.78. The minimum atomic E-state index is 0.656. The van der Waals surface area contributed by atoms with Gasteiger partial charge in [-0.25, -0.2) is 0 Å². The molecule has 0 aromatic rings. The Morgan fingerprint density at radius 1 is 1.46 bits per heavy atom. The van der Waals surface area contributed by atoms with Crippen LogP contribution in [0.2, 0.25) is 0 Å². The fourth-order valence-corrected chi connectivity index (χ4v) is 1.48. The lowest BCUT2D eigenvalue weighted by molar-refractivity contribution is 0.245. The Hall–Kier alpha value is -0.340. The third kappa shape index (κ3) is 5.83. The van der Waals surface area contributed by atoms with Crippen molar-refractivity contribution in [1.82, 2.24) is 10.2 Å². The third-order valence-corrected chi connectivity index (χ3v) is 2.29. The molecule has 0 rings (SSSR count). The molecule has 0 radical (unpaired) electrons. The Balaban J connectivity index is 3.82. The van der Waals surface area contributed by atoms with E-state index in [2.05, 4.69) is 37.7 Å². The zero-order valence-electron chi connectivity index (χ0n) is 9.34. The number of nitrogens with zero attached hydrogens (tertiary/aromatic N) is 1. The predicted molar refractivity (Wildman–Crippen MR) is 60.1 cm³/mol. The maximum atomic E-state index is 3.76. The van der Waals surface area contributed by atoms with Gasteiger partial charge in [0.2, 0.25) is 0 Å². The van der Waals surface area contributed by atoms with Gasteiger partial charge in [-0.2, -0.15) is 0 Å². The summed E-state index contributed by atoms with van der Waals surface area (Å²) in [4.78, 5) is 2.36. The van der Waals surface area contributed by atoms with Crippen LogP contribution in [0.25, 0.3) is 0 Å². The first kappa shape index (κ1) is 12.7. The summed E-state index contributed by atoms with van der Waals surface area (Å²) in [6.45, 7) is 11.3. The molecule has 2 heteroatoms. The molecule has 0 saturated heterocycles. The van der Waals surface area contributed by atoms with Crippen molar-refractivity contribution in [2.75, 3.05) is 26.7 Å². The lowest BCUT2D eigenvalue weighted by Crippen LogP contribution is -2.40. The average Bonchev–Trinajstić information content (AvgIpc) is 2.12. The molecule has 0 fully saturated rings. The van der Waals surface area contributed by atoms with Gasteiger partial charge >= 0.3 is 0 Å². The van der Waals surface area contributed by atoms with Crippen LogP contribution < -0.4 is 5.32 Å². The summed E-state index contributed by atoms with van der Waals surface area (Å²) in [5, 5.41) is 3.40. The fraction of sp³-hybridized carbons (Fsp3) is 0.818. The van der Waals surface area contributed by atoms with Crippen LogP contribution in [0.1, 0.15) is 26.7 Å². The Kier molecular flexibility index (Phi) is 8.05. The molecule has 0 aliphatic rings. The van der Waals surface area contributed by atoms with Crippen LogP contribution >= 0.6 is 0 Å². The van der Waals surface area contributed by atoms with Gasteiger partial charge in [0, 0.05) is 19.1 Å². The van der Waals surface area contributed by atoms with Gasteiger partial charge in [0.15, 0.2) is 0 Å². The van der Waals surface area contributed by atoms with E-state index in [0.717, 1.165) is 19.6 Å². The van der Waals surface area contributed by atoms with E-state index in [1.807, 2.05) is 6.08 Å². The van der Waals surface area contributed by atoms with E-state index in [1.165, 1.54) is 12.8 Å². The number of hydrogen-bond acceptors (Lipinski definition) is 2. The molecular formula is C11H24N2. The first-order valence-electron chi connectivity index (χ1n) is 5.28. The number of likely N-dealkylation sites (N-methyl/N-ethyl adjacent to an activating group) is 2. The Morgan fingerprint density at radius 3 is 2.62 bits per heavy atom. The summed E-state index contributed by atoms with van der Waals surface area (Å²) in [5.41, 5.74) is 0. The molecule has 2 nitrogen and oxygen atoms in total. The summed E-state index contributed by atoms with van der Waals surface area (Å²) in [6.07, 6.45) is 4.48. The smallest absolute Gasteiger partial charge is 0.0220 e. The predicted octanol–water partition coefficient (Wildman–Crippen LogP) is 1.88. The third-order valence-electron chi connectivity index (χ3n) is 2.29. The van der Waals surface area contributed by atoms with Crippen molar-refractivity contribution >= 4 is 0 Å². The molecule has 1 atom stereocenters. The molecule has 0 bridgehead atoms. The normalized spacial score (nSPS) is 13.2. The monoisotopic (exact) mass is 184 g/mol. The molecule has 0 amide bonds. The van der Waals surface area contributed by atoms with E-state index in [4.69, 9.17) is 0 Å².